The molecule has 0 aliphatic carbocycles. The van der Waals surface area contributed by atoms with Crippen molar-refractivity contribution in [2.24, 2.45) is 5.92 Å². The molecule has 1 fully saturated rings. The fourth-order valence-electron chi connectivity index (χ4n) is 2.51. The Kier molecular flexibility index (Phi) is 4.35. The fourth-order valence-corrected chi connectivity index (χ4v) is 2.51. The van der Waals surface area contributed by atoms with Crippen LogP contribution in [0.4, 0.5) is 0 Å². The molecule has 16 heavy (non-hydrogen) atoms. The molecule has 1 rings (SSSR count). The average Bonchev–Trinajstić information content (AvgIpc) is 2.08. The van der Waals surface area contributed by atoms with Crippen molar-refractivity contribution in [3.63, 3.8) is 0 Å². The molecule has 1 atom stereocenters. The molecule has 1 heterocycles. The first kappa shape index (κ1) is 13.9. The molecule has 1 unspecified atom stereocenters. The minimum atomic E-state index is -0.623. The molecule has 1 N–H and O–H groups in total. The molecule has 0 aromatic carbocycles. The second-order valence-electron chi connectivity index (χ2n) is 5.56. The number of methoxy groups -OCH3 is 2. The Bertz CT molecular complexity index is 216. The molecule has 1 saturated heterocycles. The number of ether oxygens (including phenoxy) is 2. The van der Waals surface area contributed by atoms with E-state index in [1.54, 1.807) is 14.2 Å². The molecule has 0 aromatic heterocycles. The van der Waals surface area contributed by atoms with E-state index < -0.39 is 11.4 Å². The van der Waals surface area contributed by atoms with Crippen molar-refractivity contribution < 1.29 is 14.6 Å². The van der Waals surface area contributed by atoms with Crippen molar-refractivity contribution in [1.29, 1.82) is 0 Å². The molecule has 1 aliphatic heterocycles. The van der Waals surface area contributed by atoms with E-state index in [2.05, 4.69) is 18.7 Å². The second-order valence-corrected chi connectivity index (χ2v) is 5.56. The van der Waals surface area contributed by atoms with E-state index in [0.29, 0.717) is 12.5 Å². The summed E-state index contributed by atoms with van der Waals surface area (Å²) in [4.78, 5) is 2.16. The SMILES string of the molecule is COC1(OC)CN(CC(C)(O)CC(C)C)C1. The molecule has 0 amide bonds. The number of rotatable bonds is 6. The Morgan fingerprint density at radius 2 is 1.81 bits per heavy atom. The van der Waals surface area contributed by atoms with Gasteiger partial charge in [0.25, 0.3) is 0 Å². The average molecular weight is 231 g/mol. The first-order valence-corrected chi connectivity index (χ1v) is 5.87. The van der Waals surface area contributed by atoms with Crippen molar-refractivity contribution >= 4 is 0 Å². The number of hydrogen-bond donors (Lipinski definition) is 1. The maximum atomic E-state index is 10.2. The van der Waals surface area contributed by atoms with Gasteiger partial charge in [0, 0.05) is 20.8 Å². The van der Waals surface area contributed by atoms with Crippen LogP contribution >= 0.6 is 0 Å². The Balaban J connectivity index is 2.36. The van der Waals surface area contributed by atoms with Gasteiger partial charge >= 0.3 is 0 Å². The standard InChI is InChI=1S/C12H25NO3/c1-10(2)6-11(3,14)7-13-8-12(9-13,15-4)16-5/h10,14H,6-9H2,1-5H3. The molecule has 4 heteroatoms. The molecular formula is C12H25NO3. The Morgan fingerprint density at radius 1 is 1.31 bits per heavy atom. The minimum Gasteiger partial charge on any atom is -0.389 e. The van der Waals surface area contributed by atoms with E-state index in [9.17, 15) is 5.11 Å². The third-order valence-corrected chi connectivity index (χ3v) is 3.09. The van der Waals surface area contributed by atoms with Crippen LogP contribution in [-0.4, -0.2) is 55.2 Å². The van der Waals surface area contributed by atoms with Crippen LogP contribution < -0.4 is 0 Å². The number of aliphatic hydroxyl groups is 1. The summed E-state index contributed by atoms with van der Waals surface area (Å²) in [7, 11) is 3.32. The van der Waals surface area contributed by atoms with Crippen LogP contribution in [0, 0.1) is 5.92 Å². The summed E-state index contributed by atoms with van der Waals surface area (Å²) < 4.78 is 10.6. The summed E-state index contributed by atoms with van der Waals surface area (Å²) in [5.41, 5.74) is -0.623. The van der Waals surface area contributed by atoms with Gasteiger partial charge in [0.1, 0.15) is 0 Å². The normalized spacial score (nSPS) is 24.2. The van der Waals surface area contributed by atoms with Crippen molar-refractivity contribution in [1.82, 2.24) is 4.90 Å². The zero-order valence-corrected chi connectivity index (χ0v) is 11.1. The zero-order valence-electron chi connectivity index (χ0n) is 11.1. The zero-order chi connectivity index (χ0) is 12.4. The van der Waals surface area contributed by atoms with E-state index in [1.807, 2.05) is 6.92 Å². The molecule has 0 aromatic rings. The molecule has 0 bridgehead atoms. The number of β-amino-alcohol motifs (C(OH)–C–C–N with tert-alkyl or cyclic N) is 1. The van der Waals surface area contributed by atoms with Crippen molar-refractivity contribution in [3.05, 3.63) is 0 Å². The van der Waals surface area contributed by atoms with E-state index in [0.717, 1.165) is 19.5 Å². The van der Waals surface area contributed by atoms with Gasteiger partial charge in [0.2, 0.25) is 0 Å². The highest BCUT2D eigenvalue weighted by atomic mass is 16.7. The lowest BCUT2D eigenvalue weighted by Crippen LogP contribution is -2.66. The maximum absolute atomic E-state index is 10.2. The van der Waals surface area contributed by atoms with Crippen LogP contribution in [0.1, 0.15) is 27.2 Å². The highest BCUT2D eigenvalue weighted by Gasteiger charge is 2.45. The van der Waals surface area contributed by atoms with Gasteiger partial charge in [-0.25, -0.2) is 0 Å². The largest absolute Gasteiger partial charge is 0.389 e. The van der Waals surface area contributed by atoms with E-state index in [4.69, 9.17) is 9.47 Å². The predicted octanol–water partition coefficient (Wildman–Crippen LogP) is 1.09. The van der Waals surface area contributed by atoms with Crippen molar-refractivity contribution in [2.45, 2.75) is 38.6 Å². The van der Waals surface area contributed by atoms with Gasteiger partial charge in [-0.2, -0.15) is 0 Å². The van der Waals surface area contributed by atoms with E-state index in [-0.39, 0.29) is 0 Å². The summed E-state index contributed by atoms with van der Waals surface area (Å²) in [5.74, 6) is 0.0550. The lowest BCUT2D eigenvalue weighted by Gasteiger charge is -2.49. The lowest BCUT2D eigenvalue weighted by atomic mass is 9.92. The van der Waals surface area contributed by atoms with Crippen molar-refractivity contribution in [3.8, 4) is 0 Å². The number of likely N-dealkylation sites (tertiary alicyclic amines) is 1. The van der Waals surface area contributed by atoms with Crippen molar-refractivity contribution in [2.75, 3.05) is 33.9 Å². The topological polar surface area (TPSA) is 41.9 Å². The summed E-state index contributed by atoms with van der Waals surface area (Å²) in [6.45, 7) is 8.28. The quantitative estimate of drug-likeness (QED) is 0.695. The Hall–Kier alpha value is -0.160. The molecule has 1 aliphatic rings. The Labute approximate surface area is 98.5 Å². The highest BCUT2D eigenvalue weighted by molar-refractivity contribution is 4.92. The van der Waals surface area contributed by atoms with Crippen LogP contribution in [0.3, 0.4) is 0 Å². The van der Waals surface area contributed by atoms with Crippen LogP contribution in [0.5, 0.6) is 0 Å². The predicted molar refractivity (Wildman–Crippen MR) is 63.3 cm³/mol. The molecule has 0 saturated carbocycles. The van der Waals surface area contributed by atoms with Gasteiger partial charge in [-0.15, -0.1) is 0 Å². The molecule has 0 spiro atoms. The van der Waals surface area contributed by atoms with Gasteiger partial charge in [0.05, 0.1) is 18.7 Å². The minimum absolute atomic E-state index is 0.450. The summed E-state index contributed by atoms with van der Waals surface area (Å²) in [5, 5.41) is 10.2. The molecule has 96 valence electrons. The van der Waals surface area contributed by atoms with Gasteiger partial charge in [0.15, 0.2) is 5.79 Å². The fraction of sp³-hybridized carbons (Fsp3) is 1.00. The number of hydrogen-bond acceptors (Lipinski definition) is 4. The molecule has 4 nitrogen and oxygen atoms in total. The monoisotopic (exact) mass is 231 g/mol. The first-order valence-electron chi connectivity index (χ1n) is 5.87. The van der Waals surface area contributed by atoms with E-state index >= 15 is 0 Å². The molecule has 0 radical (unpaired) electrons. The first-order chi connectivity index (χ1) is 7.32. The van der Waals surface area contributed by atoms with Crippen LogP contribution in [0.2, 0.25) is 0 Å². The summed E-state index contributed by atoms with van der Waals surface area (Å²) in [6, 6.07) is 0. The third-order valence-electron chi connectivity index (χ3n) is 3.09. The highest BCUT2D eigenvalue weighted by Crippen LogP contribution is 2.28. The number of nitrogens with zero attached hydrogens (tertiary/aromatic N) is 1. The molecular weight excluding hydrogens is 206 g/mol. The van der Waals surface area contributed by atoms with E-state index in [1.165, 1.54) is 0 Å². The van der Waals surface area contributed by atoms with Gasteiger partial charge in [-0.1, -0.05) is 13.8 Å². The lowest BCUT2D eigenvalue weighted by molar-refractivity contribution is -0.280. The summed E-state index contributed by atoms with van der Waals surface area (Å²) >= 11 is 0. The summed E-state index contributed by atoms with van der Waals surface area (Å²) in [6.07, 6.45) is 0.816. The smallest absolute Gasteiger partial charge is 0.193 e. The van der Waals surface area contributed by atoms with Crippen LogP contribution in [0.25, 0.3) is 0 Å². The van der Waals surface area contributed by atoms with Gasteiger partial charge in [-0.05, 0) is 19.3 Å². The van der Waals surface area contributed by atoms with Gasteiger partial charge < -0.3 is 14.6 Å². The third kappa shape index (κ3) is 3.42. The van der Waals surface area contributed by atoms with Gasteiger partial charge in [-0.3, -0.25) is 4.90 Å². The van der Waals surface area contributed by atoms with Crippen LogP contribution in [-0.2, 0) is 9.47 Å². The second kappa shape index (κ2) is 5.00. The van der Waals surface area contributed by atoms with Crippen LogP contribution in [0.15, 0.2) is 0 Å². The Morgan fingerprint density at radius 3 is 2.19 bits per heavy atom. The maximum Gasteiger partial charge on any atom is 0.193 e.